The number of likely N-dealkylation sites (N-methyl/N-ethyl adjacent to an activating group) is 1. The first kappa shape index (κ1) is 13.1. The highest BCUT2D eigenvalue weighted by Gasteiger charge is 2.17. The van der Waals surface area contributed by atoms with Crippen LogP contribution in [0.3, 0.4) is 0 Å². The Bertz CT molecular complexity index is 396. The molecule has 1 aliphatic heterocycles. The highest BCUT2D eigenvalue weighted by Crippen LogP contribution is 2.13. The molecule has 0 unspecified atom stereocenters. The van der Waals surface area contributed by atoms with E-state index in [-0.39, 0.29) is 5.91 Å². The van der Waals surface area contributed by atoms with Gasteiger partial charge >= 0.3 is 0 Å². The van der Waals surface area contributed by atoms with Gasteiger partial charge in [-0.15, -0.1) is 0 Å². The third kappa shape index (κ3) is 3.31. The number of carbonyl (C=O) groups is 1. The fourth-order valence-corrected chi connectivity index (χ4v) is 2.08. The van der Waals surface area contributed by atoms with Crippen molar-refractivity contribution in [2.45, 2.75) is 6.92 Å². The predicted molar refractivity (Wildman–Crippen MR) is 73.9 cm³/mol. The molecule has 0 bridgehead atoms. The van der Waals surface area contributed by atoms with Gasteiger partial charge in [0.1, 0.15) is 0 Å². The Hall–Kier alpha value is -1.39. The number of piperazine rings is 1. The largest absolute Gasteiger partial charge is 0.314 e. The predicted octanol–water partition coefficient (Wildman–Crippen LogP) is 0.863. The van der Waals surface area contributed by atoms with Gasteiger partial charge in [0.25, 0.3) is 0 Å². The zero-order valence-corrected chi connectivity index (χ0v) is 11.1. The summed E-state index contributed by atoms with van der Waals surface area (Å²) >= 11 is 0. The van der Waals surface area contributed by atoms with Crippen molar-refractivity contribution in [1.29, 1.82) is 0 Å². The Morgan fingerprint density at radius 3 is 2.50 bits per heavy atom. The molecule has 1 saturated heterocycles. The minimum atomic E-state index is 0.153. The van der Waals surface area contributed by atoms with Crippen molar-refractivity contribution in [1.82, 2.24) is 10.2 Å². The highest BCUT2D eigenvalue weighted by atomic mass is 16.2. The van der Waals surface area contributed by atoms with Crippen molar-refractivity contribution in [2.24, 2.45) is 0 Å². The number of rotatable bonds is 3. The first-order valence-electron chi connectivity index (χ1n) is 6.43. The van der Waals surface area contributed by atoms with Crippen LogP contribution in [0.4, 0.5) is 5.69 Å². The van der Waals surface area contributed by atoms with Gasteiger partial charge in [0, 0.05) is 38.9 Å². The molecule has 0 atom stereocenters. The number of hydrogen-bond acceptors (Lipinski definition) is 3. The van der Waals surface area contributed by atoms with Crippen molar-refractivity contribution < 1.29 is 4.79 Å². The van der Waals surface area contributed by atoms with Gasteiger partial charge in [-0.2, -0.15) is 0 Å². The van der Waals surface area contributed by atoms with E-state index in [4.69, 9.17) is 0 Å². The van der Waals surface area contributed by atoms with Gasteiger partial charge in [0.05, 0.1) is 6.54 Å². The molecule has 1 aromatic rings. The molecular weight excluding hydrogens is 226 g/mol. The highest BCUT2D eigenvalue weighted by molar-refractivity contribution is 5.94. The van der Waals surface area contributed by atoms with Crippen LogP contribution in [0.5, 0.6) is 0 Å². The number of amides is 1. The Morgan fingerprint density at radius 2 is 1.89 bits per heavy atom. The van der Waals surface area contributed by atoms with Gasteiger partial charge in [-0.3, -0.25) is 9.69 Å². The Kier molecular flexibility index (Phi) is 4.33. The molecule has 0 aromatic heterocycles. The van der Waals surface area contributed by atoms with Crippen molar-refractivity contribution in [3.8, 4) is 0 Å². The summed E-state index contributed by atoms with van der Waals surface area (Å²) in [6.07, 6.45) is 0. The summed E-state index contributed by atoms with van der Waals surface area (Å²) in [7, 11) is 1.84. The molecule has 0 radical (unpaired) electrons. The molecule has 18 heavy (non-hydrogen) atoms. The van der Waals surface area contributed by atoms with Gasteiger partial charge in [-0.25, -0.2) is 0 Å². The van der Waals surface area contributed by atoms with E-state index in [1.807, 2.05) is 38.2 Å². The molecule has 0 aliphatic carbocycles. The van der Waals surface area contributed by atoms with E-state index in [0.717, 1.165) is 31.9 Å². The van der Waals surface area contributed by atoms with Gasteiger partial charge < -0.3 is 10.2 Å². The second-order valence-corrected chi connectivity index (χ2v) is 4.81. The molecule has 1 aromatic carbocycles. The van der Waals surface area contributed by atoms with Crippen LogP contribution in [0.1, 0.15) is 5.56 Å². The van der Waals surface area contributed by atoms with Gasteiger partial charge in [0.2, 0.25) is 5.91 Å². The van der Waals surface area contributed by atoms with E-state index in [1.54, 1.807) is 4.90 Å². The maximum Gasteiger partial charge on any atom is 0.240 e. The molecule has 0 spiro atoms. The number of nitrogens with one attached hydrogen (secondary N) is 1. The van der Waals surface area contributed by atoms with Crippen LogP contribution in [0.15, 0.2) is 24.3 Å². The van der Waals surface area contributed by atoms with Crippen LogP contribution < -0.4 is 10.2 Å². The lowest BCUT2D eigenvalue weighted by Crippen LogP contribution is -2.47. The van der Waals surface area contributed by atoms with Crippen LogP contribution in [0.25, 0.3) is 0 Å². The van der Waals surface area contributed by atoms with Crippen molar-refractivity contribution >= 4 is 11.6 Å². The SMILES string of the molecule is Cc1ccc(N(C)C(=O)CN2CCNCC2)cc1. The minimum absolute atomic E-state index is 0.153. The maximum atomic E-state index is 12.2. The van der Waals surface area contributed by atoms with Gasteiger partial charge in [-0.1, -0.05) is 17.7 Å². The number of anilines is 1. The first-order valence-corrected chi connectivity index (χ1v) is 6.43. The fourth-order valence-electron chi connectivity index (χ4n) is 2.08. The number of aryl methyl sites for hydroxylation is 1. The van der Waals surface area contributed by atoms with Crippen LogP contribution in [-0.4, -0.2) is 50.6 Å². The maximum absolute atomic E-state index is 12.2. The molecule has 1 N–H and O–H groups in total. The molecule has 1 heterocycles. The summed E-state index contributed by atoms with van der Waals surface area (Å²) < 4.78 is 0. The van der Waals surface area contributed by atoms with Crippen LogP contribution >= 0.6 is 0 Å². The third-order valence-corrected chi connectivity index (χ3v) is 3.36. The summed E-state index contributed by atoms with van der Waals surface area (Å²) in [6.45, 7) is 6.41. The number of benzene rings is 1. The first-order chi connectivity index (χ1) is 8.66. The summed E-state index contributed by atoms with van der Waals surface area (Å²) in [5.74, 6) is 0.153. The average Bonchev–Trinajstić information content (AvgIpc) is 2.40. The lowest BCUT2D eigenvalue weighted by Gasteiger charge is -2.28. The lowest BCUT2D eigenvalue weighted by atomic mass is 10.2. The molecule has 0 saturated carbocycles. The Balaban J connectivity index is 1.93. The molecule has 1 amide bonds. The lowest BCUT2D eigenvalue weighted by molar-refractivity contribution is -0.119. The fraction of sp³-hybridized carbons (Fsp3) is 0.500. The van der Waals surface area contributed by atoms with E-state index in [2.05, 4.69) is 10.2 Å². The average molecular weight is 247 g/mol. The molecular formula is C14H21N3O. The van der Waals surface area contributed by atoms with E-state index < -0.39 is 0 Å². The molecule has 2 rings (SSSR count). The molecule has 4 heteroatoms. The molecule has 4 nitrogen and oxygen atoms in total. The van der Waals surface area contributed by atoms with Crippen LogP contribution in [-0.2, 0) is 4.79 Å². The topological polar surface area (TPSA) is 35.6 Å². The minimum Gasteiger partial charge on any atom is -0.314 e. The van der Waals surface area contributed by atoms with Crippen LogP contribution in [0, 0.1) is 6.92 Å². The standard InChI is InChI=1S/C14H21N3O/c1-12-3-5-13(6-4-12)16(2)14(18)11-17-9-7-15-8-10-17/h3-6,15H,7-11H2,1-2H3. The number of carbonyl (C=O) groups excluding carboxylic acids is 1. The van der Waals surface area contributed by atoms with E-state index in [0.29, 0.717) is 6.54 Å². The smallest absolute Gasteiger partial charge is 0.240 e. The van der Waals surface area contributed by atoms with E-state index in [1.165, 1.54) is 5.56 Å². The van der Waals surface area contributed by atoms with E-state index in [9.17, 15) is 4.79 Å². The monoisotopic (exact) mass is 247 g/mol. The summed E-state index contributed by atoms with van der Waals surface area (Å²) in [5.41, 5.74) is 2.17. The number of nitrogens with zero attached hydrogens (tertiary/aromatic N) is 2. The van der Waals surface area contributed by atoms with Crippen molar-refractivity contribution in [3.63, 3.8) is 0 Å². The zero-order valence-electron chi connectivity index (χ0n) is 11.1. The van der Waals surface area contributed by atoms with Crippen molar-refractivity contribution in [2.75, 3.05) is 44.7 Å². The second-order valence-electron chi connectivity index (χ2n) is 4.81. The molecule has 1 aliphatic rings. The Morgan fingerprint density at radius 1 is 1.28 bits per heavy atom. The van der Waals surface area contributed by atoms with E-state index >= 15 is 0 Å². The third-order valence-electron chi connectivity index (χ3n) is 3.36. The second kappa shape index (κ2) is 5.98. The zero-order chi connectivity index (χ0) is 13.0. The summed E-state index contributed by atoms with van der Waals surface area (Å²) in [4.78, 5) is 16.1. The quantitative estimate of drug-likeness (QED) is 0.860. The summed E-state index contributed by atoms with van der Waals surface area (Å²) in [5, 5.41) is 3.29. The Labute approximate surface area is 109 Å². The molecule has 1 fully saturated rings. The van der Waals surface area contributed by atoms with Crippen molar-refractivity contribution in [3.05, 3.63) is 29.8 Å². The van der Waals surface area contributed by atoms with Gasteiger partial charge in [0.15, 0.2) is 0 Å². The van der Waals surface area contributed by atoms with Crippen LogP contribution in [0.2, 0.25) is 0 Å². The normalized spacial score (nSPS) is 16.6. The molecule has 98 valence electrons. The number of hydrogen-bond donors (Lipinski definition) is 1. The van der Waals surface area contributed by atoms with Gasteiger partial charge in [-0.05, 0) is 19.1 Å². The summed E-state index contributed by atoms with van der Waals surface area (Å²) in [6, 6.07) is 8.05.